The second-order valence-corrected chi connectivity index (χ2v) is 4.58. The molecule has 0 aliphatic heterocycles. The highest BCUT2D eigenvalue weighted by Gasteiger charge is 2.13. The lowest BCUT2D eigenvalue weighted by Gasteiger charge is -2.10. The van der Waals surface area contributed by atoms with Crippen molar-refractivity contribution < 1.29 is 13.5 Å². The maximum atomic E-state index is 13.9. The maximum absolute atomic E-state index is 13.9. The zero-order valence-corrected chi connectivity index (χ0v) is 11.5. The summed E-state index contributed by atoms with van der Waals surface area (Å²) in [5.74, 6) is -1.35. The molecular weight excluding hydrogens is 260 g/mol. The fourth-order valence-corrected chi connectivity index (χ4v) is 1.81. The summed E-state index contributed by atoms with van der Waals surface area (Å²) in [7, 11) is 0. The number of rotatable bonds is 5. The van der Waals surface area contributed by atoms with Crippen molar-refractivity contribution in [2.75, 3.05) is 6.54 Å². The van der Waals surface area contributed by atoms with Gasteiger partial charge in [-0.1, -0.05) is 24.6 Å². The van der Waals surface area contributed by atoms with Gasteiger partial charge in [0.1, 0.15) is 5.75 Å². The molecule has 0 bridgehead atoms. The number of hydrogen-bond acceptors (Lipinski definition) is 2. The number of aryl methyl sites for hydroxylation is 1. The molecule has 2 nitrogen and oxygen atoms in total. The molecule has 0 unspecified atom stereocenters. The molecule has 106 valence electrons. The third-order valence-electron chi connectivity index (χ3n) is 2.88. The summed E-state index contributed by atoms with van der Waals surface area (Å²) >= 11 is 0. The van der Waals surface area contributed by atoms with Gasteiger partial charge in [0.15, 0.2) is 17.4 Å². The molecule has 0 fully saturated rings. The highest BCUT2D eigenvalue weighted by molar-refractivity contribution is 5.36. The molecule has 0 saturated heterocycles. The summed E-state index contributed by atoms with van der Waals surface area (Å²) in [4.78, 5) is 0. The van der Waals surface area contributed by atoms with Crippen LogP contribution in [0.15, 0.2) is 36.4 Å². The predicted octanol–water partition coefficient (Wildman–Crippen LogP) is 4.18. The molecule has 0 amide bonds. The Morgan fingerprint density at radius 1 is 1.05 bits per heavy atom. The lowest BCUT2D eigenvalue weighted by Crippen LogP contribution is -2.12. The van der Waals surface area contributed by atoms with Crippen LogP contribution < -0.4 is 10.1 Å². The van der Waals surface area contributed by atoms with E-state index < -0.39 is 11.6 Å². The van der Waals surface area contributed by atoms with E-state index >= 15 is 0 Å². The van der Waals surface area contributed by atoms with Crippen molar-refractivity contribution in [1.82, 2.24) is 5.32 Å². The summed E-state index contributed by atoms with van der Waals surface area (Å²) in [6.07, 6.45) is 0. The van der Waals surface area contributed by atoms with E-state index in [0.717, 1.165) is 12.1 Å². The molecule has 0 radical (unpaired) electrons. The van der Waals surface area contributed by atoms with Gasteiger partial charge in [-0.2, -0.15) is 0 Å². The first-order valence-corrected chi connectivity index (χ1v) is 6.53. The average molecular weight is 277 g/mol. The van der Waals surface area contributed by atoms with Crippen LogP contribution in [0.5, 0.6) is 11.5 Å². The predicted molar refractivity (Wildman–Crippen MR) is 75.0 cm³/mol. The number of hydrogen-bond donors (Lipinski definition) is 1. The van der Waals surface area contributed by atoms with Crippen LogP contribution in [0.2, 0.25) is 0 Å². The molecule has 2 aromatic carbocycles. The van der Waals surface area contributed by atoms with Crippen molar-refractivity contribution in [3.63, 3.8) is 0 Å². The van der Waals surface area contributed by atoms with Crippen LogP contribution in [0.4, 0.5) is 8.78 Å². The van der Waals surface area contributed by atoms with Crippen LogP contribution in [0.25, 0.3) is 0 Å². The van der Waals surface area contributed by atoms with E-state index in [1.54, 1.807) is 12.1 Å². The lowest BCUT2D eigenvalue weighted by molar-refractivity contribution is 0.406. The number of benzene rings is 2. The summed E-state index contributed by atoms with van der Waals surface area (Å²) in [6, 6.07) is 9.58. The molecule has 0 aliphatic carbocycles. The van der Waals surface area contributed by atoms with Gasteiger partial charge in [-0.3, -0.25) is 0 Å². The molecule has 4 heteroatoms. The molecular formula is C16H17F2NO. The SMILES string of the molecule is CCNCc1cc(F)c(Oc2ccc(C)cc2)c(F)c1. The van der Waals surface area contributed by atoms with Gasteiger partial charge in [-0.25, -0.2) is 8.78 Å². The smallest absolute Gasteiger partial charge is 0.198 e. The Morgan fingerprint density at radius 3 is 2.20 bits per heavy atom. The lowest BCUT2D eigenvalue weighted by atomic mass is 10.2. The normalized spacial score (nSPS) is 10.6. The molecule has 2 aromatic rings. The van der Waals surface area contributed by atoms with Gasteiger partial charge < -0.3 is 10.1 Å². The van der Waals surface area contributed by atoms with Crippen LogP contribution in [-0.4, -0.2) is 6.54 Å². The Labute approximate surface area is 117 Å². The Balaban J connectivity index is 2.21. The van der Waals surface area contributed by atoms with E-state index in [2.05, 4.69) is 5.32 Å². The van der Waals surface area contributed by atoms with Crippen molar-refractivity contribution in [1.29, 1.82) is 0 Å². The van der Waals surface area contributed by atoms with Crippen molar-refractivity contribution in [3.05, 3.63) is 59.2 Å². The minimum Gasteiger partial charge on any atom is -0.451 e. The quantitative estimate of drug-likeness (QED) is 0.885. The van der Waals surface area contributed by atoms with Gasteiger partial charge in [-0.05, 0) is 43.3 Å². The van der Waals surface area contributed by atoms with Crippen LogP contribution >= 0.6 is 0 Å². The zero-order valence-electron chi connectivity index (χ0n) is 11.5. The van der Waals surface area contributed by atoms with E-state index in [9.17, 15) is 8.78 Å². The van der Waals surface area contributed by atoms with Gasteiger partial charge in [-0.15, -0.1) is 0 Å². The Hall–Kier alpha value is -1.94. The van der Waals surface area contributed by atoms with Crippen LogP contribution in [0.3, 0.4) is 0 Å². The summed E-state index contributed by atoms with van der Waals surface area (Å²) in [5, 5.41) is 3.02. The van der Waals surface area contributed by atoms with Crippen molar-refractivity contribution in [2.45, 2.75) is 20.4 Å². The highest BCUT2D eigenvalue weighted by atomic mass is 19.1. The Bertz CT molecular complexity index is 559. The van der Waals surface area contributed by atoms with Crippen molar-refractivity contribution >= 4 is 0 Å². The highest BCUT2D eigenvalue weighted by Crippen LogP contribution is 2.28. The standard InChI is InChI=1S/C16H17F2NO/c1-3-19-10-12-8-14(17)16(15(18)9-12)20-13-6-4-11(2)5-7-13/h4-9,19H,3,10H2,1-2H3. The molecule has 0 heterocycles. The zero-order chi connectivity index (χ0) is 14.5. The molecule has 1 N–H and O–H groups in total. The van der Waals surface area contributed by atoms with Gasteiger partial charge in [0.25, 0.3) is 0 Å². The first kappa shape index (κ1) is 14.5. The van der Waals surface area contributed by atoms with Gasteiger partial charge in [0, 0.05) is 6.54 Å². The molecule has 0 aliphatic rings. The molecule has 2 rings (SSSR count). The number of ether oxygens (including phenoxy) is 1. The Kier molecular flexibility index (Phi) is 4.69. The monoisotopic (exact) mass is 277 g/mol. The number of nitrogens with one attached hydrogen (secondary N) is 1. The average Bonchev–Trinajstić information content (AvgIpc) is 2.42. The second-order valence-electron chi connectivity index (χ2n) is 4.58. The van der Waals surface area contributed by atoms with E-state index in [4.69, 9.17) is 4.74 Å². The van der Waals surface area contributed by atoms with Gasteiger partial charge >= 0.3 is 0 Å². The summed E-state index contributed by atoms with van der Waals surface area (Å²) in [6.45, 7) is 5.03. The fraction of sp³-hybridized carbons (Fsp3) is 0.250. The second kappa shape index (κ2) is 6.48. The van der Waals surface area contributed by atoms with Crippen molar-refractivity contribution in [2.24, 2.45) is 0 Å². The minimum absolute atomic E-state index is 0.367. The third kappa shape index (κ3) is 3.54. The first-order chi connectivity index (χ1) is 9.60. The third-order valence-corrected chi connectivity index (χ3v) is 2.88. The van der Waals surface area contributed by atoms with Crippen LogP contribution in [-0.2, 0) is 6.54 Å². The Morgan fingerprint density at radius 2 is 1.65 bits per heavy atom. The fourth-order valence-electron chi connectivity index (χ4n) is 1.81. The summed E-state index contributed by atoms with van der Waals surface area (Å²) in [5.41, 5.74) is 1.61. The molecule has 0 atom stereocenters. The summed E-state index contributed by atoms with van der Waals surface area (Å²) < 4.78 is 33.1. The van der Waals surface area contributed by atoms with E-state index in [-0.39, 0.29) is 5.75 Å². The largest absolute Gasteiger partial charge is 0.451 e. The van der Waals surface area contributed by atoms with Crippen LogP contribution in [0.1, 0.15) is 18.1 Å². The minimum atomic E-state index is -0.696. The van der Waals surface area contributed by atoms with E-state index in [1.807, 2.05) is 26.0 Å². The van der Waals surface area contributed by atoms with Gasteiger partial charge in [0.05, 0.1) is 0 Å². The van der Waals surface area contributed by atoms with E-state index in [1.165, 1.54) is 12.1 Å². The topological polar surface area (TPSA) is 21.3 Å². The first-order valence-electron chi connectivity index (χ1n) is 6.53. The molecule has 0 aromatic heterocycles. The van der Waals surface area contributed by atoms with Crippen molar-refractivity contribution in [3.8, 4) is 11.5 Å². The van der Waals surface area contributed by atoms with Gasteiger partial charge in [0.2, 0.25) is 0 Å². The maximum Gasteiger partial charge on any atom is 0.198 e. The van der Waals surface area contributed by atoms with E-state index in [0.29, 0.717) is 17.9 Å². The van der Waals surface area contributed by atoms with Crippen LogP contribution in [0, 0.1) is 18.6 Å². The molecule has 0 spiro atoms. The molecule has 20 heavy (non-hydrogen) atoms. The molecule has 0 saturated carbocycles. The number of halogens is 2.